The summed E-state index contributed by atoms with van der Waals surface area (Å²) in [4.78, 5) is 22.1. The second-order valence-corrected chi connectivity index (χ2v) is 8.94. The molecule has 0 aromatic heterocycles. The molecule has 2 aliphatic rings. The number of nitrogens with zero attached hydrogens (tertiary/aromatic N) is 3. The molecule has 0 bridgehead atoms. The Morgan fingerprint density at radius 2 is 1.76 bits per heavy atom. The first-order chi connectivity index (χ1) is 13.4. The summed E-state index contributed by atoms with van der Waals surface area (Å²) >= 11 is 0. The predicted molar refractivity (Wildman–Crippen MR) is 133 cm³/mol. The number of rotatable bonds is 8. The summed E-state index contributed by atoms with van der Waals surface area (Å²) in [6.07, 6.45) is 6.90. The van der Waals surface area contributed by atoms with E-state index in [-0.39, 0.29) is 29.9 Å². The fourth-order valence-corrected chi connectivity index (χ4v) is 4.59. The topological polar surface area (TPSA) is 60.0 Å². The van der Waals surface area contributed by atoms with E-state index in [9.17, 15) is 4.79 Å². The number of carbonyl (C=O) groups is 1. The van der Waals surface area contributed by atoms with Crippen molar-refractivity contribution in [3.05, 3.63) is 0 Å². The maximum Gasteiger partial charge on any atom is 0.225 e. The monoisotopic (exact) mass is 521 g/mol. The van der Waals surface area contributed by atoms with Crippen LogP contribution in [0.5, 0.6) is 0 Å². The first-order valence-corrected chi connectivity index (χ1v) is 11.5. The average molecular weight is 522 g/mol. The van der Waals surface area contributed by atoms with Gasteiger partial charge in [-0.25, -0.2) is 0 Å². The van der Waals surface area contributed by atoms with E-state index in [0.717, 1.165) is 57.9 Å². The quantitative estimate of drug-likeness (QED) is 0.292. The van der Waals surface area contributed by atoms with Gasteiger partial charge in [-0.15, -0.1) is 24.0 Å². The molecule has 1 unspecified atom stereocenters. The minimum absolute atomic E-state index is 0. The van der Waals surface area contributed by atoms with E-state index >= 15 is 0 Å². The van der Waals surface area contributed by atoms with Crippen molar-refractivity contribution in [2.24, 2.45) is 10.9 Å². The van der Waals surface area contributed by atoms with Crippen molar-refractivity contribution in [2.75, 3.05) is 32.7 Å². The fourth-order valence-electron chi connectivity index (χ4n) is 4.59. The van der Waals surface area contributed by atoms with Gasteiger partial charge in [0.15, 0.2) is 5.96 Å². The number of carbonyl (C=O) groups excluding carboxylic acids is 1. The molecular weight excluding hydrogens is 477 g/mol. The third kappa shape index (κ3) is 8.59. The van der Waals surface area contributed by atoms with Gasteiger partial charge in [0.25, 0.3) is 0 Å². The minimum atomic E-state index is 0. The standard InChI is InChI=1S/C22H43N5O.HI/c1-6-23-22(24-13-15-27(17(2)3)18(4)5)25-20-12-14-26(16-20)21(28)19-10-8-7-9-11-19;/h17-20H,6-16H2,1-5H3,(H2,23,24,25);1H. The Morgan fingerprint density at radius 1 is 1.10 bits per heavy atom. The lowest BCUT2D eigenvalue weighted by Gasteiger charge is -2.30. The van der Waals surface area contributed by atoms with Crippen LogP contribution in [0.25, 0.3) is 0 Å². The highest BCUT2D eigenvalue weighted by atomic mass is 127. The number of hydrogen-bond acceptors (Lipinski definition) is 3. The Labute approximate surface area is 195 Å². The van der Waals surface area contributed by atoms with E-state index in [4.69, 9.17) is 4.99 Å². The number of guanidine groups is 1. The zero-order valence-corrected chi connectivity index (χ0v) is 21.6. The Morgan fingerprint density at radius 3 is 2.34 bits per heavy atom. The Balaban J connectivity index is 0.00000420. The molecule has 0 aromatic rings. The Hall–Kier alpha value is -0.570. The van der Waals surface area contributed by atoms with E-state index in [1.807, 2.05) is 0 Å². The highest BCUT2D eigenvalue weighted by Crippen LogP contribution is 2.26. The predicted octanol–water partition coefficient (Wildman–Crippen LogP) is 3.46. The van der Waals surface area contributed by atoms with Gasteiger partial charge < -0.3 is 15.5 Å². The second kappa shape index (κ2) is 13.7. The summed E-state index contributed by atoms with van der Waals surface area (Å²) in [5.74, 6) is 1.54. The van der Waals surface area contributed by atoms with Crippen molar-refractivity contribution in [1.29, 1.82) is 0 Å². The highest BCUT2D eigenvalue weighted by Gasteiger charge is 2.31. The molecule has 2 N–H and O–H groups in total. The first kappa shape index (κ1) is 26.5. The molecule has 1 aliphatic carbocycles. The largest absolute Gasteiger partial charge is 0.357 e. The Bertz CT molecular complexity index is 497. The molecule has 1 saturated carbocycles. The van der Waals surface area contributed by atoms with Crippen molar-refractivity contribution in [3.8, 4) is 0 Å². The van der Waals surface area contributed by atoms with Gasteiger partial charge in [-0.2, -0.15) is 0 Å². The van der Waals surface area contributed by atoms with Gasteiger partial charge >= 0.3 is 0 Å². The molecule has 2 fully saturated rings. The molecule has 1 aliphatic heterocycles. The molecule has 1 heterocycles. The summed E-state index contributed by atoms with van der Waals surface area (Å²) in [5, 5.41) is 6.93. The van der Waals surface area contributed by atoms with Gasteiger partial charge in [0.05, 0.1) is 6.54 Å². The van der Waals surface area contributed by atoms with Crippen LogP contribution in [0.4, 0.5) is 0 Å². The van der Waals surface area contributed by atoms with Crippen LogP contribution in [-0.2, 0) is 4.79 Å². The van der Waals surface area contributed by atoms with E-state index in [2.05, 4.69) is 55.1 Å². The molecule has 29 heavy (non-hydrogen) atoms. The van der Waals surface area contributed by atoms with Crippen molar-refractivity contribution in [1.82, 2.24) is 20.4 Å². The molecule has 6 nitrogen and oxygen atoms in total. The molecule has 0 spiro atoms. The molecule has 1 saturated heterocycles. The highest BCUT2D eigenvalue weighted by molar-refractivity contribution is 14.0. The van der Waals surface area contributed by atoms with Crippen LogP contribution in [-0.4, -0.2) is 72.5 Å². The van der Waals surface area contributed by atoms with Gasteiger partial charge in [-0.3, -0.25) is 14.7 Å². The molecule has 1 atom stereocenters. The van der Waals surface area contributed by atoms with Crippen molar-refractivity contribution in [3.63, 3.8) is 0 Å². The van der Waals surface area contributed by atoms with E-state index in [0.29, 0.717) is 24.0 Å². The maximum atomic E-state index is 12.8. The molecule has 0 radical (unpaired) electrons. The summed E-state index contributed by atoms with van der Waals surface area (Å²) < 4.78 is 0. The van der Waals surface area contributed by atoms with Gasteiger partial charge in [-0.1, -0.05) is 19.3 Å². The molecule has 2 rings (SSSR count). The number of halogens is 1. The van der Waals surface area contributed by atoms with E-state index in [1.165, 1.54) is 19.3 Å². The van der Waals surface area contributed by atoms with Gasteiger partial charge in [-0.05, 0) is 53.9 Å². The van der Waals surface area contributed by atoms with Crippen molar-refractivity contribution >= 4 is 35.8 Å². The first-order valence-electron chi connectivity index (χ1n) is 11.5. The van der Waals surface area contributed by atoms with Crippen molar-refractivity contribution < 1.29 is 4.79 Å². The molecule has 170 valence electrons. The summed E-state index contributed by atoms with van der Waals surface area (Å²) in [6, 6.07) is 1.36. The lowest BCUT2D eigenvalue weighted by atomic mass is 9.88. The van der Waals surface area contributed by atoms with Crippen LogP contribution in [0, 0.1) is 5.92 Å². The van der Waals surface area contributed by atoms with Crippen LogP contribution >= 0.6 is 24.0 Å². The SMILES string of the molecule is CCNC(=NCCN(C(C)C)C(C)C)NC1CCN(C(=O)C2CCCCC2)C1.I. The molecule has 1 amide bonds. The molecular formula is C22H44IN5O. The number of likely N-dealkylation sites (tertiary alicyclic amines) is 1. The lowest BCUT2D eigenvalue weighted by molar-refractivity contribution is -0.135. The number of amides is 1. The van der Waals surface area contributed by atoms with Crippen LogP contribution < -0.4 is 10.6 Å². The number of nitrogens with one attached hydrogen (secondary N) is 2. The lowest BCUT2D eigenvalue weighted by Crippen LogP contribution is -2.46. The van der Waals surface area contributed by atoms with Crippen LogP contribution in [0.15, 0.2) is 4.99 Å². The fraction of sp³-hybridized carbons (Fsp3) is 0.909. The zero-order valence-electron chi connectivity index (χ0n) is 19.2. The minimum Gasteiger partial charge on any atom is -0.357 e. The summed E-state index contributed by atoms with van der Waals surface area (Å²) in [5.41, 5.74) is 0. The maximum absolute atomic E-state index is 12.8. The van der Waals surface area contributed by atoms with E-state index < -0.39 is 0 Å². The second-order valence-electron chi connectivity index (χ2n) is 8.94. The third-order valence-electron chi connectivity index (χ3n) is 6.09. The van der Waals surface area contributed by atoms with E-state index in [1.54, 1.807) is 0 Å². The normalized spacial score (nSPS) is 21.0. The average Bonchev–Trinajstić information content (AvgIpc) is 3.13. The number of aliphatic imine (C=N–C) groups is 1. The van der Waals surface area contributed by atoms with Gasteiger partial charge in [0.2, 0.25) is 5.91 Å². The summed E-state index contributed by atoms with van der Waals surface area (Å²) in [6.45, 7) is 15.3. The third-order valence-corrected chi connectivity index (χ3v) is 6.09. The summed E-state index contributed by atoms with van der Waals surface area (Å²) in [7, 11) is 0. The van der Waals surface area contributed by atoms with Crippen LogP contribution in [0.3, 0.4) is 0 Å². The molecule has 0 aromatic carbocycles. The molecule has 7 heteroatoms. The number of hydrogen-bond donors (Lipinski definition) is 2. The smallest absolute Gasteiger partial charge is 0.225 e. The Kier molecular flexibility index (Phi) is 12.5. The van der Waals surface area contributed by atoms with Crippen LogP contribution in [0.2, 0.25) is 0 Å². The zero-order chi connectivity index (χ0) is 20.5. The van der Waals surface area contributed by atoms with Crippen LogP contribution in [0.1, 0.15) is 73.1 Å². The van der Waals surface area contributed by atoms with Gasteiger partial charge in [0, 0.05) is 50.2 Å². The van der Waals surface area contributed by atoms with Crippen molar-refractivity contribution in [2.45, 2.75) is 91.3 Å². The van der Waals surface area contributed by atoms with Gasteiger partial charge in [0.1, 0.15) is 0 Å².